The van der Waals surface area contributed by atoms with Gasteiger partial charge in [0.2, 0.25) is 0 Å². The Labute approximate surface area is 80.5 Å². The van der Waals surface area contributed by atoms with Gasteiger partial charge < -0.3 is 10.5 Å². The summed E-state index contributed by atoms with van der Waals surface area (Å²) in [5, 5.41) is 1.44. The fourth-order valence-electron chi connectivity index (χ4n) is 1.61. The summed E-state index contributed by atoms with van der Waals surface area (Å²) >= 11 is 1.38. The topological polar surface area (TPSA) is 52.3 Å². The monoisotopic (exact) mass is 197 g/mol. The molecule has 3 nitrogen and oxygen atoms in total. The molecule has 1 aromatic heterocycles. The number of nitrogens with two attached hydrogens (primary N) is 1. The largest absolute Gasteiger partial charge is 0.484 e. The average Bonchev–Trinajstić information content (AvgIpc) is 2.39. The van der Waals surface area contributed by atoms with Gasteiger partial charge in [-0.1, -0.05) is 11.3 Å². The van der Waals surface area contributed by atoms with Gasteiger partial charge in [-0.15, -0.1) is 0 Å². The summed E-state index contributed by atoms with van der Waals surface area (Å²) in [5.41, 5.74) is 7.44. The zero-order valence-electron chi connectivity index (χ0n) is 7.42. The number of nitrogen functional groups attached to an aromatic ring is 1. The standard InChI is InChI=1S/C9H11NO2S/c1-5(11)7-6-3-2-4-12-9(6)13-8(7)10/h2-4,10H2,1H3. The van der Waals surface area contributed by atoms with Crippen molar-refractivity contribution in [3.63, 3.8) is 0 Å². The van der Waals surface area contributed by atoms with E-state index in [9.17, 15) is 4.79 Å². The van der Waals surface area contributed by atoms with E-state index >= 15 is 0 Å². The minimum Gasteiger partial charge on any atom is -0.484 e. The highest BCUT2D eigenvalue weighted by Gasteiger charge is 2.22. The first-order valence-electron chi connectivity index (χ1n) is 4.25. The van der Waals surface area contributed by atoms with Gasteiger partial charge in [0.25, 0.3) is 0 Å². The molecule has 2 rings (SSSR count). The second kappa shape index (κ2) is 3.03. The molecule has 1 aromatic rings. The van der Waals surface area contributed by atoms with E-state index in [0.717, 1.165) is 30.1 Å². The highest BCUT2D eigenvalue weighted by Crippen LogP contribution is 2.40. The molecule has 0 atom stereocenters. The molecule has 4 heteroatoms. The Morgan fingerprint density at radius 3 is 3.08 bits per heavy atom. The second-order valence-electron chi connectivity index (χ2n) is 3.12. The van der Waals surface area contributed by atoms with Crippen molar-refractivity contribution in [1.29, 1.82) is 0 Å². The average molecular weight is 197 g/mol. The lowest BCUT2D eigenvalue weighted by atomic mass is 10.0. The lowest BCUT2D eigenvalue weighted by molar-refractivity contribution is 0.101. The van der Waals surface area contributed by atoms with Gasteiger partial charge in [0.15, 0.2) is 10.8 Å². The summed E-state index contributed by atoms with van der Waals surface area (Å²) < 4.78 is 5.42. The molecule has 1 aliphatic heterocycles. The van der Waals surface area contributed by atoms with Crippen LogP contribution in [-0.4, -0.2) is 12.4 Å². The predicted octanol–water partition coefficient (Wildman–Crippen LogP) is 1.86. The van der Waals surface area contributed by atoms with Gasteiger partial charge in [-0.2, -0.15) is 0 Å². The third-order valence-corrected chi connectivity index (χ3v) is 3.13. The molecule has 0 aliphatic carbocycles. The molecular weight excluding hydrogens is 186 g/mol. The van der Waals surface area contributed by atoms with Gasteiger partial charge in [0.05, 0.1) is 12.2 Å². The van der Waals surface area contributed by atoms with Crippen molar-refractivity contribution in [2.45, 2.75) is 19.8 Å². The third-order valence-electron chi connectivity index (χ3n) is 2.15. The molecule has 0 saturated heterocycles. The number of anilines is 1. The maximum Gasteiger partial charge on any atom is 0.179 e. The van der Waals surface area contributed by atoms with Crippen molar-refractivity contribution in [2.24, 2.45) is 0 Å². The van der Waals surface area contributed by atoms with Crippen LogP contribution >= 0.6 is 11.3 Å². The van der Waals surface area contributed by atoms with Crippen LogP contribution in [0.5, 0.6) is 5.06 Å². The highest BCUT2D eigenvalue weighted by atomic mass is 32.1. The van der Waals surface area contributed by atoms with Crippen LogP contribution in [0.15, 0.2) is 0 Å². The maximum atomic E-state index is 11.3. The fourth-order valence-corrected chi connectivity index (χ4v) is 2.65. The second-order valence-corrected chi connectivity index (χ2v) is 4.13. The summed E-state index contributed by atoms with van der Waals surface area (Å²) in [6, 6.07) is 0. The highest BCUT2D eigenvalue weighted by molar-refractivity contribution is 7.18. The summed E-state index contributed by atoms with van der Waals surface area (Å²) in [6.07, 6.45) is 1.89. The number of Topliss-reactive ketones (excluding diaryl/α,β-unsaturated/α-hetero) is 1. The van der Waals surface area contributed by atoms with E-state index < -0.39 is 0 Å². The molecule has 0 aromatic carbocycles. The van der Waals surface area contributed by atoms with Gasteiger partial charge in [0.1, 0.15) is 5.00 Å². The van der Waals surface area contributed by atoms with Gasteiger partial charge in [-0.3, -0.25) is 4.79 Å². The third kappa shape index (κ3) is 1.31. The molecule has 0 radical (unpaired) electrons. The van der Waals surface area contributed by atoms with Crippen LogP contribution < -0.4 is 10.5 Å². The smallest absolute Gasteiger partial charge is 0.179 e. The number of hydrogen-bond donors (Lipinski definition) is 1. The van der Waals surface area contributed by atoms with Crippen LogP contribution in [0.1, 0.15) is 29.3 Å². The van der Waals surface area contributed by atoms with Crippen LogP contribution in [0.2, 0.25) is 0 Å². The Morgan fingerprint density at radius 2 is 2.38 bits per heavy atom. The zero-order chi connectivity index (χ0) is 9.42. The number of rotatable bonds is 1. The van der Waals surface area contributed by atoms with Crippen molar-refractivity contribution in [3.05, 3.63) is 11.1 Å². The Morgan fingerprint density at radius 1 is 1.62 bits per heavy atom. The van der Waals surface area contributed by atoms with E-state index in [2.05, 4.69) is 0 Å². The molecule has 0 amide bonds. The predicted molar refractivity (Wildman–Crippen MR) is 52.6 cm³/mol. The molecule has 0 spiro atoms. The number of carbonyl (C=O) groups excluding carboxylic acids is 1. The Balaban J connectivity index is 2.54. The van der Waals surface area contributed by atoms with Gasteiger partial charge in [-0.25, -0.2) is 0 Å². The van der Waals surface area contributed by atoms with Crippen molar-refractivity contribution in [1.82, 2.24) is 0 Å². The number of ketones is 1. The Hall–Kier alpha value is -1.03. The van der Waals surface area contributed by atoms with Gasteiger partial charge in [0, 0.05) is 5.56 Å². The molecule has 2 heterocycles. The van der Waals surface area contributed by atoms with Crippen molar-refractivity contribution in [3.8, 4) is 5.06 Å². The van der Waals surface area contributed by atoms with Crippen LogP contribution in [0.25, 0.3) is 0 Å². The van der Waals surface area contributed by atoms with Gasteiger partial charge in [-0.05, 0) is 19.8 Å². The molecule has 0 saturated carbocycles. The molecule has 70 valence electrons. The first kappa shape index (κ1) is 8.56. The van der Waals surface area contributed by atoms with Crippen LogP contribution in [0, 0.1) is 0 Å². The van der Waals surface area contributed by atoms with Crippen LogP contribution in [0.4, 0.5) is 5.00 Å². The van der Waals surface area contributed by atoms with Crippen molar-refractivity contribution in [2.75, 3.05) is 12.3 Å². The molecule has 0 fully saturated rings. The summed E-state index contributed by atoms with van der Waals surface area (Å²) in [5.74, 6) is 0.0421. The molecule has 13 heavy (non-hydrogen) atoms. The van der Waals surface area contributed by atoms with Gasteiger partial charge >= 0.3 is 0 Å². The number of thiophene rings is 1. The summed E-state index contributed by atoms with van der Waals surface area (Å²) in [7, 11) is 0. The molecule has 1 aliphatic rings. The number of fused-ring (bicyclic) bond motifs is 1. The minimum atomic E-state index is 0.0421. The van der Waals surface area contributed by atoms with Crippen LogP contribution in [-0.2, 0) is 6.42 Å². The zero-order valence-corrected chi connectivity index (χ0v) is 8.24. The minimum absolute atomic E-state index is 0.0421. The van der Waals surface area contributed by atoms with Crippen molar-refractivity contribution < 1.29 is 9.53 Å². The lowest BCUT2D eigenvalue weighted by Gasteiger charge is -2.12. The van der Waals surface area contributed by atoms with E-state index in [0.29, 0.717) is 10.6 Å². The SMILES string of the molecule is CC(=O)c1c(N)sc2c1CCCO2. The Kier molecular flexibility index (Phi) is 2.00. The first-order chi connectivity index (χ1) is 6.20. The number of carbonyl (C=O) groups is 1. The van der Waals surface area contributed by atoms with E-state index in [4.69, 9.17) is 10.5 Å². The Bertz CT molecular complexity index is 357. The van der Waals surface area contributed by atoms with E-state index in [1.165, 1.54) is 11.3 Å². The van der Waals surface area contributed by atoms with E-state index in [-0.39, 0.29) is 5.78 Å². The molecule has 0 unspecified atom stereocenters. The summed E-state index contributed by atoms with van der Waals surface area (Å²) in [6.45, 7) is 2.29. The summed E-state index contributed by atoms with van der Waals surface area (Å²) in [4.78, 5) is 11.3. The van der Waals surface area contributed by atoms with Crippen LogP contribution in [0.3, 0.4) is 0 Å². The van der Waals surface area contributed by atoms with E-state index in [1.54, 1.807) is 6.92 Å². The first-order valence-corrected chi connectivity index (χ1v) is 5.06. The quantitative estimate of drug-likeness (QED) is 0.699. The number of hydrogen-bond acceptors (Lipinski definition) is 4. The normalized spacial score (nSPS) is 14.8. The lowest BCUT2D eigenvalue weighted by Crippen LogP contribution is -2.09. The molecular formula is C9H11NO2S. The molecule has 0 bridgehead atoms. The molecule has 2 N–H and O–H groups in total. The van der Waals surface area contributed by atoms with E-state index in [1.807, 2.05) is 0 Å². The van der Waals surface area contributed by atoms with Crippen molar-refractivity contribution >= 4 is 22.1 Å². The fraction of sp³-hybridized carbons (Fsp3) is 0.444. The maximum absolute atomic E-state index is 11.3. The number of ether oxygens (including phenoxy) is 1.